The molecule has 42 heavy (non-hydrogen) atoms. The fourth-order valence-electron chi connectivity index (χ4n) is 5.39. The van der Waals surface area contributed by atoms with Gasteiger partial charge in [-0.05, 0) is 37.1 Å². The monoisotopic (exact) mass is 764 g/mol. The molecule has 11 heteroatoms. The number of nitrogens with zero attached hydrogens (tertiary/aromatic N) is 5. The van der Waals surface area contributed by atoms with Crippen LogP contribution in [0.4, 0.5) is 0 Å². The smallest absolute Gasteiger partial charge is 0.00973 e. The van der Waals surface area contributed by atoms with E-state index < -0.39 is 6.04 Å². The Morgan fingerprint density at radius 1 is 1.05 bits per heavy atom. The number of amides is 3. The van der Waals surface area contributed by atoms with Gasteiger partial charge in [-0.2, -0.15) is 5.26 Å². The maximum Gasteiger partial charge on any atom is 0.0166 e. The molecule has 1 atom stereocenters. The van der Waals surface area contributed by atoms with Crippen LogP contribution in [0.25, 0.3) is 10.9 Å². The molecule has 0 radical (unpaired) electrons. The molecule has 10 nitrogen and oxygen atoms in total. The third-order valence-electron chi connectivity index (χ3n) is 7.72. The van der Waals surface area contributed by atoms with Gasteiger partial charge in [-0.1, -0.05) is 0 Å². The van der Waals surface area contributed by atoms with E-state index in [-0.39, 0.29) is 24.3 Å². The molecule has 0 spiro atoms. The molecule has 2 aromatic carbocycles. The van der Waals surface area contributed by atoms with E-state index in [1.807, 2.05) is 47.4 Å². The van der Waals surface area contributed by atoms with Crippen LogP contribution < -0.4 is 13.3 Å². The number of carbonyl (C=O) groups excluding carboxylic acids is 3. The zero-order chi connectivity index (χ0) is 29.5. The van der Waals surface area contributed by atoms with E-state index in [0.717, 1.165) is 38.0 Å². The van der Waals surface area contributed by atoms with Gasteiger partial charge in [-0.15, -0.1) is 0 Å². The number of hydrogen-bond donors (Lipinski definition) is 1. The minimum absolute atomic E-state index is 0.0920. The van der Waals surface area contributed by atoms with Crippen molar-refractivity contribution < 1.29 is 43.8 Å². The number of likely N-dealkylation sites (tertiary alicyclic amines) is 1. The largest absolute Gasteiger partial charge is 0.0166 e. The fourth-order valence-corrected chi connectivity index (χ4v) is 5.88. The molecule has 0 bridgehead atoms. The van der Waals surface area contributed by atoms with Crippen molar-refractivity contribution in [2.24, 2.45) is 0 Å². The van der Waals surface area contributed by atoms with Crippen molar-refractivity contribution in [1.29, 1.82) is 5.26 Å². The first kappa shape index (κ1) is 29.9. The van der Waals surface area contributed by atoms with E-state index in [0.29, 0.717) is 54.9 Å². The number of rotatable bonds is 9. The Morgan fingerprint density at radius 3 is 2.60 bits per heavy atom. The minimum atomic E-state index is -0.422. The second-order valence-corrected chi connectivity index (χ2v) is 12.1. The molecular weight excluding hydrogens is 731 g/mol. The minimum Gasteiger partial charge on any atom is -0.00973 e. The Kier molecular flexibility index (Phi) is 9.99. The molecule has 1 N–H and O–H groups in total. The van der Waals surface area contributed by atoms with Gasteiger partial charge in [-0.3, -0.25) is 14.6 Å². The summed E-state index contributed by atoms with van der Waals surface area (Å²) in [4.78, 5) is 48.5. The molecule has 2 aliphatic heterocycles. The van der Waals surface area contributed by atoms with Gasteiger partial charge in [0.25, 0.3) is 5.91 Å². The molecular formula is C31H33AtN6O4. The number of pyridine rings is 1. The van der Waals surface area contributed by atoms with Gasteiger partial charge in [0.1, 0.15) is 11.8 Å². The van der Waals surface area contributed by atoms with Crippen molar-refractivity contribution in [2.75, 3.05) is 52.4 Å². The summed E-state index contributed by atoms with van der Waals surface area (Å²) in [6.07, 6.45) is 3.86. The summed E-state index contributed by atoms with van der Waals surface area (Å²) in [5.74, 6) is 0.106. The summed E-state index contributed by atoms with van der Waals surface area (Å²) in [5.41, 5.74) is 1.81. The predicted molar refractivity (Wildman–Crippen MR) is 153 cm³/mol. The van der Waals surface area contributed by atoms with Crippen LogP contribution in [0.15, 0.2) is 54.7 Å². The first-order chi connectivity index (χ1) is 20.4. The first-order valence-corrected chi connectivity index (χ1v) is 15.7. The number of hydrogen-bond acceptors (Lipinski definition) is 7. The summed E-state index contributed by atoms with van der Waals surface area (Å²) in [6, 6.07) is 16.6. The van der Waals surface area contributed by atoms with Crippen LogP contribution >= 0.6 is 0 Å². The summed E-state index contributed by atoms with van der Waals surface area (Å²) in [7, 11) is 0. The maximum atomic E-state index is 13.0. The Labute approximate surface area is 260 Å². The number of ether oxygens (including phenoxy) is 1. The SMILES string of the molecule is N#C[C@@H]1CCCN1C(=O)CNC(=O)c1ccnc2ccc(OCCCN3CCN(C(=O)c4ccc([211At])cc4)CC3)cc12. The average molecular weight is 765 g/mol. The van der Waals surface area contributed by atoms with E-state index in [2.05, 4.69) is 21.3 Å². The van der Waals surface area contributed by atoms with Crippen LogP contribution in [-0.2, 0) is 4.79 Å². The summed E-state index contributed by atoms with van der Waals surface area (Å²) in [6.45, 7) is 4.85. The third kappa shape index (κ3) is 7.23. The molecule has 218 valence electrons. The van der Waals surface area contributed by atoms with E-state index in [1.54, 1.807) is 37.0 Å². The van der Waals surface area contributed by atoms with Gasteiger partial charge in [0.05, 0.1) is 23.7 Å². The van der Waals surface area contributed by atoms with Gasteiger partial charge in [0, 0.05) is 18.1 Å². The average Bonchev–Trinajstić information content (AvgIpc) is 3.51. The summed E-state index contributed by atoms with van der Waals surface area (Å²) in [5, 5.41) is 12.6. The molecule has 2 fully saturated rings. The van der Waals surface area contributed by atoms with Crippen LogP contribution in [0.3, 0.4) is 0 Å². The molecule has 3 amide bonds. The Morgan fingerprint density at radius 2 is 1.83 bits per heavy atom. The van der Waals surface area contributed by atoms with Gasteiger partial charge >= 0.3 is 124 Å². The van der Waals surface area contributed by atoms with Crippen LogP contribution in [-0.4, -0.2) is 95.9 Å². The molecule has 0 unspecified atom stereocenters. The molecule has 0 aliphatic carbocycles. The normalized spacial score (nSPS) is 17.2. The molecule has 0 saturated carbocycles. The standard InChI is InChI=1S/C31H33AtN6O4/c32-23-6-4-22(5-7-23)31(41)37-16-14-36(15-17-37)12-2-18-42-25-8-9-28-27(19-25)26(10-11-34-28)30(40)35-21-29(39)38-13-1-3-24(38)20-33/h4-11,19,24H,1-3,12-18,21H2,(H,35,40)/t24-/m0/s1/i32+1. The van der Waals surface area contributed by atoms with Crippen molar-refractivity contribution in [3.05, 3.63) is 65.9 Å². The molecule has 1 aromatic heterocycles. The summed E-state index contributed by atoms with van der Waals surface area (Å²) >= 11 is 1.60. The predicted octanol–water partition coefficient (Wildman–Crippen LogP) is 1.88. The van der Waals surface area contributed by atoms with Gasteiger partial charge in [-0.25, -0.2) is 0 Å². The third-order valence-corrected chi connectivity index (χ3v) is 8.70. The van der Waals surface area contributed by atoms with Crippen molar-refractivity contribution in [2.45, 2.75) is 25.3 Å². The zero-order valence-electron chi connectivity index (χ0n) is 23.3. The Bertz CT molecular complexity index is 1480. The maximum absolute atomic E-state index is 13.0. The van der Waals surface area contributed by atoms with E-state index in [4.69, 9.17) is 4.74 Å². The summed E-state index contributed by atoms with van der Waals surface area (Å²) < 4.78 is 7.21. The van der Waals surface area contributed by atoms with Gasteiger partial charge < -0.3 is 15.0 Å². The number of carbonyl (C=O) groups is 3. The fraction of sp³-hybridized carbons (Fsp3) is 0.387. The topological polar surface area (TPSA) is 119 Å². The molecule has 3 aromatic rings. The molecule has 2 saturated heterocycles. The number of benzene rings is 2. The Hall–Kier alpha value is -3.61. The van der Waals surface area contributed by atoms with Crippen molar-refractivity contribution >= 4 is 31.9 Å². The number of nitrogens with one attached hydrogen (secondary N) is 1. The van der Waals surface area contributed by atoms with E-state index in [9.17, 15) is 19.6 Å². The van der Waals surface area contributed by atoms with Gasteiger partial charge in [0.15, 0.2) is 0 Å². The number of aromatic nitrogens is 1. The van der Waals surface area contributed by atoms with Crippen LogP contribution in [0.1, 0.15) is 40.0 Å². The molecule has 3 heterocycles. The molecule has 5 rings (SSSR count). The van der Waals surface area contributed by atoms with Gasteiger partial charge in [0.2, 0.25) is 5.91 Å². The van der Waals surface area contributed by atoms with Crippen LogP contribution in [0.5, 0.6) is 5.75 Å². The van der Waals surface area contributed by atoms with Crippen molar-refractivity contribution in [3.8, 4) is 11.8 Å². The quantitative estimate of drug-likeness (QED) is 0.331. The number of fused-ring (bicyclic) bond motifs is 1. The number of nitriles is 1. The van der Waals surface area contributed by atoms with E-state index in [1.165, 1.54) is 8.17 Å². The van der Waals surface area contributed by atoms with Crippen molar-refractivity contribution in [3.63, 3.8) is 0 Å². The van der Waals surface area contributed by atoms with Crippen molar-refractivity contribution in [1.82, 2.24) is 25.0 Å². The Balaban J connectivity index is 1.09. The second kappa shape index (κ2) is 14.0. The first-order valence-electron chi connectivity index (χ1n) is 14.2. The van der Waals surface area contributed by atoms with E-state index >= 15 is 0 Å². The molecule has 2 aliphatic rings. The zero-order valence-corrected chi connectivity index (χ0v) is 26.2. The van der Waals surface area contributed by atoms with Crippen LogP contribution in [0, 0.1) is 36.1 Å². The number of piperazine rings is 1. The second-order valence-electron chi connectivity index (χ2n) is 10.4. The van der Waals surface area contributed by atoms with Crippen LogP contribution in [0.2, 0.25) is 0 Å².